The molecular formula is C18H27NO4. The van der Waals surface area contributed by atoms with Crippen LogP contribution in [0.5, 0.6) is 0 Å². The Morgan fingerprint density at radius 2 is 2.00 bits per heavy atom. The van der Waals surface area contributed by atoms with Gasteiger partial charge in [-0.15, -0.1) is 0 Å². The number of amides is 1. The zero-order valence-electron chi connectivity index (χ0n) is 14.6. The van der Waals surface area contributed by atoms with E-state index < -0.39 is 12.1 Å². The number of rotatable bonds is 4. The lowest BCUT2D eigenvalue weighted by molar-refractivity contribution is -0.130. The van der Waals surface area contributed by atoms with Gasteiger partial charge in [-0.2, -0.15) is 0 Å². The number of carbonyl (C=O) groups excluding carboxylic acids is 2. The van der Waals surface area contributed by atoms with Gasteiger partial charge in [-0.25, -0.2) is 4.79 Å². The highest BCUT2D eigenvalue weighted by atomic mass is 16.5. The fourth-order valence-corrected chi connectivity index (χ4v) is 3.20. The highest BCUT2D eigenvalue weighted by molar-refractivity contribution is 5.93. The molecule has 0 unspecified atom stereocenters. The minimum Gasteiger partial charge on any atom is -0.466 e. The summed E-state index contributed by atoms with van der Waals surface area (Å²) in [5.74, 6) is 1.44. The largest absolute Gasteiger partial charge is 0.466 e. The minimum absolute atomic E-state index is 0.158. The van der Waals surface area contributed by atoms with Crippen molar-refractivity contribution in [1.29, 1.82) is 0 Å². The Bertz CT molecular complexity index is 578. The Kier molecular flexibility index (Phi) is 5.50. The maximum absolute atomic E-state index is 12.3. The molecule has 5 heteroatoms. The second-order valence-electron chi connectivity index (χ2n) is 6.76. The minimum atomic E-state index is -0.818. The van der Waals surface area contributed by atoms with Crippen molar-refractivity contribution in [2.45, 2.75) is 66.0 Å². The van der Waals surface area contributed by atoms with Crippen LogP contribution in [0.4, 0.5) is 0 Å². The molecule has 1 aliphatic carbocycles. The molecule has 1 heterocycles. The van der Waals surface area contributed by atoms with E-state index >= 15 is 0 Å². The standard InChI is InChI=1S/C18H27NO4/c1-10-7-6-8-16(12(10)3)19-17(20)14(5)23-18(21)15-9-11(2)22-13(15)4/h9-10,12,14,16H,6-8H2,1-5H3,(H,19,20)/t10-,12-,14-,16+/m0/s1. The van der Waals surface area contributed by atoms with Gasteiger partial charge in [0, 0.05) is 6.04 Å². The molecule has 1 aromatic rings. The van der Waals surface area contributed by atoms with Gasteiger partial charge in [0.2, 0.25) is 0 Å². The van der Waals surface area contributed by atoms with E-state index in [0.717, 1.165) is 12.8 Å². The summed E-state index contributed by atoms with van der Waals surface area (Å²) in [5.41, 5.74) is 0.377. The number of hydrogen-bond acceptors (Lipinski definition) is 4. The third kappa shape index (κ3) is 4.15. The van der Waals surface area contributed by atoms with Crippen LogP contribution in [0.25, 0.3) is 0 Å². The fourth-order valence-electron chi connectivity index (χ4n) is 3.20. The molecule has 1 aromatic heterocycles. The van der Waals surface area contributed by atoms with E-state index in [9.17, 15) is 9.59 Å². The van der Waals surface area contributed by atoms with Gasteiger partial charge in [0.05, 0.1) is 0 Å². The summed E-state index contributed by atoms with van der Waals surface area (Å²) in [4.78, 5) is 24.4. The van der Waals surface area contributed by atoms with Crippen LogP contribution >= 0.6 is 0 Å². The number of nitrogens with one attached hydrogen (secondary N) is 1. The molecule has 5 nitrogen and oxygen atoms in total. The van der Waals surface area contributed by atoms with Crippen LogP contribution in [0.1, 0.15) is 61.9 Å². The number of carbonyl (C=O) groups is 2. The maximum atomic E-state index is 12.3. The van der Waals surface area contributed by atoms with Gasteiger partial charge in [-0.05, 0) is 45.1 Å². The Balaban J connectivity index is 1.92. The van der Waals surface area contributed by atoms with Crippen molar-refractivity contribution in [3.63, 3.8) is 0 Å². The second-order valence-corrected chi connectivity index (χ2v) is 6.76. The third-order valence-corrected chi connectivity index (χ3v) is 4.95. The van der Waals surface area contributed by atoms with E-state index in [-0.39, 0.29) is 11.9 Å². The quantitative estimate of drug-likeness (QED) is 0.863. The summed E-state index contributed by atoms with van der Waals surface area (Å²) >= 11 is 0. The van der Waals surface area contributed by atoms with Gasteiger partial charge >= 0.3 is 5.97 Å². The van der Waals surface area contributed by atoms with Crippen LogP contribution in [0.2, 0.25) is 0 Å². The lowest BCUT2D eigenvalue weighted by Gasteiger charge is -2.35. The first-order valence-corrected chi connectivity index (χ1v) is 8.38. The Labute approximate surface area is 137 Å². The number of aryl methyl sites for hydroxylation is 2. The predicted molar refractivity (Wildman–Crippen MR) is 87.2 cm³/mol. The van der Waals surface area contributed by atoms with Gasteiger partial charge in [0.25, 0.3) is 5.91 Å². The molecule has 0 aliphatic heterocycles. The summed E-state index contributed by atoms with van der Waals surface area (Å²) in [5, 5.41) is 3.04. The van der Waals surface area contributed by atoms with Crippen molar-refractivity contribution in [3.8, 4) is 0 Å². The molecule has 1 fully saturated rings. The normalized spacial score (nSPS) is 25.7. The first kappa shape index (κ1) is 17.6. The smallest absolute Gasteiger partial charge is 0.342 e. The second kappa shape index (κ2) is 7.20. The van der Waals surface area contributed by atoms with Crippen molar-refractivity contribution < 1.29 is 18.7 Å². The van der Waals surface area contributed by atoms with E-state index in [1.54, 1.807) is 26.8 Å². The van der Waals surface area contributed by atoms with Crippen molar-refractivity contribution in [2.24, 2.45) is 11.8 Å². The van der Waals surface area contributed by atoms with Crippen LogP contribution in [-0.4, -0.2) is 24.0 Å². The summed E-state index contributed by atoms with van der Waals surface area (Å²) < 4.78 is 10.6. The molecule has 0 saturated heterocycles. The molecule has 1 N–H and O–H groups in total. The average molecular weight is 321 g/mol. The predicted octanol–water partition coefficient (Wildman–Crippen LogP) is 3.38. The van der Waals surface area contributed by atoms with Crippen molar-refractivity contribution in [2.75, 3.05) is 0 Å². The van der Waals surface area contributed by atoms with Crippen LogP contribution in [0, 0.1) is 25.7 Å². The zero-order chi connectivity index (χ0) is 17.1. The number of esters is 1. The van der Waals surface area contributed by atoms with Crippen LogP contribution in [-0.2, 0) is 9.53 Å². The number of furan rings is 1. The van der Waals surface area contributed by atoms with Gasteiger partial charge in [-0.3, -0.25) is 4.79 Å². The van der Waals surface area contributed by atoms with E-state index in [2.05, 4.69) is 19.2 Å². The van der Waals surface area contributed by atoms with E-state index in [1.807, 2.05) is 0 Å². The molecule has 4 atom stereocenters. The highest BCUT2D eigenvalue weighted by Crippen LogP contribution is 2.29. The molecule has 1 aliphatic rings. The zero-order valence-corrected chi connectivity index (χ0v) is 14.6. The number of ether oxygens (including phenoxy) is 1. The van der Waals surface area contributed by atoms with Crippen molar-refractivity contribution in [1.82, 2.24) is 5.32 Å². The Hall–Kier alpha value is -1.78. The summed E-state index contributed by atoms with van der Waals surface area (Å²) in [6.45, 7) is 9.47. The molecular weight excluding hydrogens is 294 g/mol. The van der Waals surface area contributed by atoms with Crippen LogP contribution < -0.4 is 5.32 Å². The first-order valence-electron chi connectivity index (χ1n) is 8.38. The lowest BCUT2D eigenvalue weighted by Crippen LogP contribution is -2.47. The average Bonchev–Trinajstić information content (AvgIpc) is 2.82. The Morgan fingerprint density at radius 1 is 1.30 bits per heavy atom. The molecule has 1 amide bonds. The maximum Gasteiger partial charge on any atom is 0.342 e. The first-order chi connectivity index (χ1) is 10.8. The van der Waals surface area contributed by atoms with E-state index in [1.165, 1.54) is 6.42 Å². The Morgan fingerprint density at radius 3 is 2.61 bits per heavy atom. The van der Waals surface area contributed by atoms with Gasteiger partial charge in [-0.1, -0.05) is 26.7 Å². The fraction of sp³-hybridized carbons (Fsp3) is 0.667. The topological polar surface area (TPSA) is 68.5 Å². The third-order valence-electron chi connectivity index (χ3n) is 4.95. The van der Waals surface area contributed by atoms with Gasteiger partial charge in [0.15, 0.2) is 6.10 Å². The number of hydrogen-bond donors (Lipinski definition) is 1. The molecule has 0 bridgehead atoms. The molecule has 128 valence electrons. The van der Waals surface area contributed by atoms with E-state index in [4.69, 9.17) is 9.15 Å². The molecule has 0 radical (unpaired) electrons. The lowest BCUT2D eigenvalue weighted by atomic mass is 9.78. The van der Waals surface area contributed by atoms with Crippen molar-refractivity contribution in [3.05, 3.63) is 23.2 Å². The van der Waals surface area contributed by atoms with E-state index in [0.29, 0.717) is 28.9 Å². The molecule has 23 heavy (non-hydrogen) atoms. The molecule has 2 rings (SSSR count). The summed E-state index contributed by atoms with van der Waals surface area (Å²) in [7, 11) is 0. The van der Waals surface area contributed by atoms with Crippen LogP contribution in [0.15, 0.2) is 10.5 Å². The SMILES string of the molecule is Cc1cc(C(=O)O[C@@H](C)C(=O)N[C@@H]2CCC[C@H](C)[C@@H]2C)c(C)o1. The highest BCUT2D eigenvalue weighted by Gasteiger charge is 2.30. The van der Waals surface area contributed by atoms with Gasteiger partial charge in [0.1, 0.15) is 17.1 Å². The van der Waals surface area contributed by atoms with Crippen molar-refractivity contribution >= 4 is 11.9 Å². The molecule has 0 spiro atoms. The monoisotopic (exact) mass is 321 g/mol. The molecule has 0 aromatic carbocycles. The molecule has 1 saturated carbocycles. The van der Waals surface area contributed by atoms with Gasteiger partial charge < -0.3 is 14.5 Å². The summed E-state index contributed by atoms with van der Waals surface area (Å²) in [6, 6.07) is 1.79. The summed E-state index contributed by atoms with van der Waals surface area (Å²) in [6.07, 6.45) is 2.49. The van der Waals surface area contributed by atoms with Crippen LogP contribution in [0.3, 0.4) is 0 Å².